The van der Waals surface area contributed by atoms with Crippen LogP contribution in [0.25, 0.3) is 0 Å². The fourth-order valence-electron chi connectivity index (χ4n) is 5.01. The van der Waals surface area contributed by atoms with Crippen LogP contribution in [0.15, 0.2) is 98.1 Å². The van der Waals surface area contributed by atoms with Crippen molar-refractivity contribution in [3.05, 3.63) is 98.1 Å². The van der Waals surface area contributed by atoms with Crippen molar-refractivity contribution in [1.29, 1.82) is 0 Å². The van der Waals surface area contributed by atoms with Crippen LogP contribution in [-0.2, 0) is 23.7 Å². The Kier molecular flexibility index (Phi) is 70.9. The molecule has 358 valence electrons. The number of ether oxygens (including phenoxy) is 5. The standard InChI is InChI=1S/C16H32O2.C16H28O.C12H26O2.C12H18/c1-4-7-10-11-12-13-16(17-14-8-5-2)18-15-9-6-3;1-3-5-7-8-9-10-11-12-13-14-16-17-15-6-4-2;1-4-7-10-13-12(9-6-3)14-11-8-5-2;1-3-5-7-9-11-12-10-8-6-4-2/h13H,4-12,14-15H2,1-3H3;3,5,7-9H,1,4,6,10-16H2,2H3;12H,4-11H2,1-3H3;3,5,7,9-12H,1,4,6,8H2,2H3. The van der Waals surface area contributed by atoms with Gasteiger partial charge in [0, 0.05) is 26.4 Å². The highest BCUT2D eigenvalue weighted by atomic mass is 16.7. The molecule has 5 heteroatoms. The SMILES string of the molecule is C=CC=CC=CC=CCCCC.C=CC=CC=CCCCCCCOCCCC.CCCCCCC=C(OCCCC)OCCCC.CCCCOC(CCC)OCCCC. The van der Waals surface area contributed by atoms with Gasteiger partial charge in [0.25, 0.3) is 5.95 Å². The second-order valence-corrected chi connectivity index (χ2v) is 15.2. The van der Waals surface area contributed by atoms with E-state index in [0.29, 0.717) is 0 Å². The first kappa shape index (κ1) is 65.0. The van der Waals surface area contributed by atoms with E-state index in [2.05, 4.69) is 98.9 Å². The minimum atomic E-state index is 0.0399. The molecule has 0 aromatic rings. The summed E-state index contributed by atoms with van der Waals surface area (Å²) in [4.78, 5) is 0. The fourth-order valence-corrected chi connectivity index (χ4v) is 5.01. The van der Waals surface area contributed by atoms with Crippen LogP contribution in [0.5, 0.6) is 0 Å². The molecular weight excluding hydrogens is 753 g/mol. The molecule has 0 spiro atoms. The van der Waals surface area contributed by atoms with Gasteiger partial charge in [-0.15, -0.1) is 0 Å². The van der Waals surface area contributed by atoms with Crippen molar-refractivity contribution in [3.63, 3.8) is 0 Å². The van der Waals surface area contributed by atoms with E-state index in [1.807, 2.05) is 36.5 Å². The normalized spacial score (nSPS) is 11.2. The zero-order valence-corrected chi connectivity index (χ0v) is 42.0. The van der Waals surface area contributed by atoms with Crippen LogP contribution in [0.2, 0.25) is 0 Å². The highest BCUT2D eigenvalue weighted by Gasteiger charge is 2.07. The topological polar surface area (TPSA) is 46.2 Å². The Balaban J connectivity index is -0.000000359. The van der Waals surface area contributed by atoms with Crippen LogP contribution in [0.1, 0.15) is 216 Å². The van der Waals surface area contributed by atoms with E-state index in [1.165, 1.54) is 116 Å². The van der Waals surface area contributed by atoms with Gasteiger partial charge < -0.3 is 23.7 Å². The summed E-state index contributed by atoms with van der Waals surface area (Å²) in [5.41, 5.74) is 0. The van der Waals surface area contributed by atoms with Crippen molar-refractivity contribution >= 4 is 0 Å². The summed E-state index contributed by atoms with van der Waals surface area (Å²) in [6.45, 7) is 29.8. The maximum atomic E-state index is 5.67. The molecule has 0 aliphatic carbocycles. The molecule has 0 aliphatic heterocycles. The van der Waals surface area contributed by atoms with Crippen molar-refractivity contribution in [2.24, 2.45) is 0 Å². The summed E-state index contributed by atoms with van der Waals surface area (Å²) in [5, 5.41) is 0. The van der Waals surface area contributed by atoms with Crippen LogP contribution >= 0.6 is 0 Å². The molecule has 0 rings (SSSR count). The van der Waals surface area contributed by atoms with Gasteiger partial charge in [0.15, 0.2) is 6.29 Å². The third-order valence-electron chi connectivity index (χ3n) is 8.97. The first-order valence-electron chi connectivity index (χ1n) is 25.3. The molecule has 0 amide bonds. The highest BCUT2D eigenvalue weighted by molar-refractivity contribution is 5.14. The van der Waals surface area contributed by atoms with Gasteiger partial charge in [0.1, 0.15) is 0 Å². The summed E-state index contributed by atoms with van der Waals surface area (Å²) < 4.78 is 28.2. The van der Waals surface area contributed by atoms with Gasteiger partial charge in [0.05, 0.1) is 13.2 Å². The maximum absolute atomic E-state index is 5.67. The van der Waals surface area contributed by atoms with E-state index in [-0.39, 0.29) is 6.29 Å². The molecule has 0 atom stereocenters. The zero-order chi connectivity index (χ0) is 45.8. The Morgan fingerprint density at radius 2 is 0.787 bits per heavy atom. The lowest BCUT2D eigenvalue weighted by Crippen LogP contribution is -2.18. The fraction of sp³-hybridized carbons (Fsp3) is 0.714. The minimum Gasteiger partial charge on any atom is -0.466 e. The molecule has 0 saturated heterocycles. The molecule has 5 nitrogen and oxygen atoms in total. The molecule has 0 heterocycles. The number of unbranched alkanes of at least 4 members (excludes halogenated alkanes) is 15. The number of rotatable bonds is 41. The van der Waals surface area contributed by atoms with Gasteiger partial charge in [0.2, 0.25) is 0 Å². The van der Waals surface area contributed by atoms with Crippen LogP contribution in [0, 0.1) is 0 Å². The van der Waals surface area contributed by atoms with E-state index >= 15 is 0 Å². The molecule has 0 fully saturated rings. The summed E-state index contributed by atoms with van der Waals surface area (Å²) in [6, 6.07) is 0. The van der Waals surface area contributed by atoms with Crippen LogP contribution in [0.3, 0.4) is 0 Å². The van der Waals surface area contributed by atoms with Crippen molar-refractivity contribution in [3.8, 4) is 0 Å². The van der Waals surface area contributed by atoms with Gasteiger partial charge in [-0.2, -0.15) is 0 Å². The largest absolute Gasteiger partial charge is 0.466 e. The lowest BCUT2D eigenvalue weighted by atomic mass is 10.1. The Bertz CT molecular complexity index is 953. The molecule has 61 heavy (non-hydrogen) atoms. The predicted octanol–water partition coefficient (Wildman–Crippen LogP) is 18.3. The number of hydrogen-bond donors (Lipinski definition) is 0. The Labute approximate surface area is 382 Å². The smallest absolute Gasteiger partial charge is 0.274 e. The third-order valence-corrected chi connectivity index (χ3v) is 8.97. The number of allylic oxidation sites excluding steroid dienone is 13. The van der Waals surface area contributed by atoms with Crippen molar-refractivity contribution in [2.75, 3.05) is 39.6 Å². The van der Waals surface area contributed by atoms with E-state index < -0.39 is 0 Å². The summed E-state index contributed by atoms with van der Waals surface area (Å²) in [7, 11) is 0. The van der Waals surface area contributed by atoms with E-state index in [9.17, 15) is 0 Å². The average molecular weight is 857 g/mol. The van der Waals surface area contributed by atoms with Gasteiger partial charge in [-0.05, 0) is 83.1 Å². The molecule has 0 radical (unpaired) electrons. The Morgan fingerprint density at radius 1 is 0.377 bits per heavy atom. The lowest BCUT2D eigenvalue weighted by Gasteiger charge is -2.17. The quantitative estimate of drug-likeness (QED) is 0.0265. The first-order chi connectivity index (χ1) is 30.0. The second-order valence-electron chi connectivity index (χ2n) is 15.2. The lowest BCUT2D eigenvalue weighted by molar-refractivity contribution is -0.147. The molecule has 0 saturated carbocycles. The van der Waals surface area contributed by atoms with Crippen molar-refractivity contribution < 1.29 is 23.7 Å². The number of hydrogen-bond acceptors (Lipinski definition) is 5. The minimum absolute atomic E-state index is 0.0399. The van der Waals surface area contributed by atoms with Gasteiger partial charge in [-0.3, -0.25) is 0 Å². The van der Waals surface area contributed by atoms with E-state index in [4.69, 9.17) is 23.7 Å². The predicted molar refractivity (Wildman–Crippen MR) is 273 cm³/mol. The molecule has 0 bridgehead atoms. The van der Waals surface area contributed by atoms with Gasteiger partial charge in [-0.1, -0.05) is 225 Å². The van der Waals surface area contributed by atoms with E-state index in [0.717, 1.165) is 90.5 Å². The summed E-state index contributed by atoms with van der Waals surface area (Å²) >= 11 is 0. The van der Waals surface area contributed by atoms with Crippen molar-refractivity contribution in [2.45, 2.75) is 222 Å². The Morgan fingerprint density at radius 3 is 1.31 bits per heavy atom. The maximum Gasteiger partial charge on any atom is 0.274 e. The molecule has 0 N–H and O–H groups in total. The highest BCUT2D eigenvalue weighted by Crippen LogP contribution is 2.10. The van der Waals surface area contributed by atoms with Crippen LogP contribution in [-0.4, -0.2) is 45.9 Å². The molecule has 0 aromatic heterocycles. The molecule has 0 aliphatic rings. The third kappa shape index (κ3) is 69.4. The average Bonchev–Trinajstić information content (AvgIpc) is 3.27. The summed E-state index contributed by atoms with van der Waals surface area (Å²) in [6.07, 6.45) is 56.2. The first-order valence-corrected chi connectivity index (χ1v) is 25.3. The van der Waals surface area contributed by atoms with Crippen LogP contribution in [0.4, 0.5) is 0 Å². The van der Waals surface area contributed by atoms with Gasteiger partial charge in [-0.25, -0.2) is 0 Å². The molecule has 0 aromatic carbocycles. The summed E-state index contributed by atoms with van der Waals surface area (Å²) in [5.74, 6) is 0.758. The molecular formula is C56H104O5. The second kappa shape index (κ2) is 66.5. The van der Waals surface area contributed by atoms with E-state index in [1.54, 1.807) is 12.2 Å². The van der Waals surface area contributed by atoms with Crippen molar-refractivity contribution in [1.82, 2.24) is 0 Å². The zero-order valence-electron chi connectivity index (χ0n) is 42.0. The van der Waals surface area contributed by atoms with Crippen LogP contribution < -0.4 is 0 Å². The monoisotopic (exact) mass is 857 g/mol. The Hall–Kier alpha value is -2.60. The molecule has 0 unspecified atom stereocenters. The van der Waals surface area contributed by atoms with Gasteiger partial charge >= 0.3 is 0 Å².